The molecule has 27 nitrogen and oxygen atoms in total. The lowest BCUT2D eigenvalue weighted by Gasteiger charge is -2.44. The minimum atomic E-state index is -1.88. The number of aliphatic hydroxyl groups is 4. The van der Waals surface area contributed by atoms with Crippen molar-refractivity contribution in [3.63, 3.8) is 0 Å². The van der Waals surface area contributed by atoms with Crippen molar-refractivity contribution in [2.24, 2.45) is 5.11 Å². The van der Waals surface area contributed by atoms with Gasteiger partial charge in [0.25, 0.3) is 0 Å². The van der Waals surface area contributed by atoms with Crippen molar-refractivity contribution < 1.29 is 96.9 Å². The summed E-state index contributed by atoms with van der Waals surface area (Å²) < 4.78 is 48.3. The van der Waals surface area contributed by atoms with E-state index >= 15 is 0 Å². The molecule has 2 saturated heterocycles. The number of carbonyl (C=O) groups excluding carboxylic acids is 5. The van der Waals surface area contributed by atoms with Crippen LogP contribution in [0.1, 0.15) is 52.0 Å². The highest BCUT2D eigenvalue weighted by atomic mass is 16.7. The third kappa shape index (κ3) is 18.1. The van der Waals surface area contributed by atoms with Gasteiger partial charge in [0.15, 0.2) is 24.8 Å². The molecule has 3 rings (SSSR count). The van der Waals surface area contributed by atoms with Crippen LogP contribution >= 0.6 is 0 Å². The fraction of sp³-hybridized carbons (Fsp3) is 0.707. The molecule has 9 N–H and O–H groups in total. The fourth-order valence-electron chi connectivity index (χ4n) is 6.69. The van der Waals surface area contributed by atoms with Gasteiger partial charge in [0, 0.05) is 38.5 Å². The third-order valence-electron chi connectivity index (χ3n) is 10.4. The molecule has 1 aromatic rings. The van der Waals surface area contributed by atoms with Gasteiger partial charge < -0.3 is 89.4 Å². The topological polar surface area (TPSA) is 384 Å². The Morgan fingerprint density at radius 1 is 0.809 bits per heavy atom. The number of carboxylic acids is 1. The second kappa shape index (κ2) is 29.3. The molecule has 382 valence electrons. The van der Waals surface area contributed by atoms with E-state index in [0.29, 0.717) is 37.1 Å². The number of aliphatic hydroxyl groups excluding tert-OH is 4. The summed E-state index contributed by atoms with van der Waals surface area (Å²) in [6.45, 7) is 3.76. The molecule has 2 fully saturated rings. The second-order valence-electron chi connectivity index (χ2n) is 15.5. The number of alkyl carbamates (subject to hydrolysis) is 2. The molecular formula is C41H63N7O20. The molecule has 0 bridgehead atoms. The predicted molar refractivity (Wildman–Crippen MR) is 229 cm³/mol. The summed E-state index contributed by atoms with van der Waals surface area (Å²) >= 11 is 0. The molecule has 27 heteroatoms. The van der Waals surface area contributed by atoms with E-state index in [2.05, 4.69) is 26.0 Å². The monoisotopic (exact) mass is 973 g/mol. The van der Waals surface area contributed by atoms with Crippen LogP contribution in [0.25, 0.3) is 10.4 Å². The van der Waals surface area contributed by atoms with Crippen LogP contribution in [0.3, 0.4) is 0 Å². The number of amides is 4. The van der Waals surface area contributed by atoms with E-state index in [4.69, 9.17) is 53.3 Å². The lowest BCUT2D eigenvalue weighted by atomic mass is 9.98. The van der Waals surface area contributed by atoms with E-state index in [1.807, 2.05) is 5.32 Å². The quantitative estimate of drug-likeness (QED) is 0.0126. The Bertz CT molecular complexity index is 1830. The van der Waals surface area contributed by atoms with E-state index in [0.717, 1.165) is 14.0 Å². The van der Waals surface area contributed by atoms with Gasteiger partial charge >= 0.3 is 24.1 Å². The first-order chi connectivity index (χ1) is 32.4. The van der Waals surface area contributed by atoms with Crippen LogP contribution < -0.4 is 26.0 Å². The average molecular weight is 974 g/mol. The Morgan fingerprint density at radius 2 is 1.41 bits per heavy atom. The predicted octanol–water partition coefficient (Wildman–Crippen LogP) is -1.10. The van der Waals surface area contributed by atoms with Crippen molar-refractivity contribution >= 4 is 35.9 Å². The number of unbranched alkanes of at least 4 members (excludes halogenated alkanes) is 2. The van der Waals surface area contributed by atoms with Crippen molar-refractivity contribution in [2.45, 2.75) is 132 Å². The van der Waals surface area contributed by atoms with Gasteiger partial charge in [-0.2, -0.15) is 0 Å². The molecule has 1 aromatic carbocycles. The number of ether oxygens (including phenoxy) is 9. The molecule has 0 aliphatic carbocycles. The minimum absolute atomic E-state index is 0.00726. The zero-order chi connectivity index (χ0) is 50.3. The van der Waals surface area contributed by atoms with Crippen molar-refractivity contribution in [1.82, 2.24) is 21.3 Å². The number of azide groups is 1. The van der Waals surface area contributed by atoms with Crippen molar-refractivity contribution in [3.05, 3.63) is 40.3 Å². The van der Waals surface area contributed by atoms with Gasteiger partial charge in [0.1, 0.15) is 67.1 Å². The molecule has 13 atom stereocenters. The SMILES string of the molecule is CCOC(=O)[C@H](Cc1ccc(OCCNC(=O)[C@H](C)NC(=O)O[C@@H]2C(O)[C@@H](OC)OC(CO[C@@H]3OC(COC)[C@@H](O)[C@H](OC(=O)N[C@@H](C)C(=O)O)C3O)[C@H]2O)cc1)NC(=O)CCCCCN=[N+]=[N-]. The van der Waals surface area contributed by atoms with E-state index in [1.54, 1.807) is 31.2 Å². The summed E-state index contributed by atoms with van der Waals surface area (Å²) in [6, 6.07) is 3.23. The van der Waals surface area contributed by atoms with Gasteiger partial charge in [-0.05, 0) is 56.8 Å². The highest BCUT2D eigenvalue weighted by Gasteiger charge is 2.51. The van der Waals surface area contributed by atoms with E-state index in [9.17, 15) is 49.2 Å². The normalized spacial score (nSPS) is 25.8. The Morgan fingerprint density at radius 3 is 2.00 bits per heavy atom. The molecule has 0 radical (unpaired) electrons. The number of carboxylic acid groups (broad SMARTS) is 1. The number of nitrogens with zero attached hydrogens (tertiary/aromatic N) is 3. The molecule has 4 amide bonds. The maximum Gasteiger partial charge on any atom is 0.408 e. The number of esters is 1. The van der Waals surface area contributed by atoms with Crippen LogP contribution in [-0.2, 0) is 63.5 Å². The van der Waals surface area contributed by atoms with Crippen LogP contribution in [0.15, 0.2) is 29.4 Å². The number of rotatable bonds is 27. The third-order valence-corrected chi connectivity index (χ3v) is 10.4. The van der Waals surface area contributed by atoms with Crippen LogP contribution in [0, 0.1) is 0 Å². The van der Waals surface area contributed by atoms with Gasteiger partial charge in [0.2, 0.25) is 11.8 Å². The first kappa shape index (κ1) is 56.7. The maximum atomic E-state index is 12.9. The molecule has 0 aromatic heterocycles. The zero-order valence-electron chi connectivity index (χ0n) is 38.3. The van der Waals surface area contributed by atoms with Crippen LogP contribution in [0.2, 0.25) is 0 Å². The number of nitrogens with one attached hydrogen (secondary N) is 4. The molecule has 68 heavy (non-hydrogen) atoms. The number of carbonyl (C=O) groups is 6. The Hall–Kier alpha value is -5.61. The van der Waals surface area contributed by atoms with Gasteiger partial charge in [-0.1, -0.05) is 23.7 Å². The van der Waals surface area contributed by atoms with Crippen LogP contribution in [-0.4, -0.2) is 195 Å². The first-order valence-electron chi connectivity index (χ1n) is 21.7. The number of benzene rings is 1. The largest absolute Gasteiger partial charge is 0.492 e. The summed E-state index contributed by atoms with van der Waals surface area (Å²) in [4.78, 5) is 77.1. The smallest absolute Gasteiger partial charge is 0.408 e. The summed E-state index contributed by atoms with van der Waals surface area (Å²) in [5.74, 6) is -2.48. The number of hydrogen-bond acceptors (Lipinski definition) is 20. The minimum Gasteiger partial charge on any atom is -0.492 e. The van der Waals surface area contributed by atoms with E-state index in [-0.39, 0.29) is 45.1 Å². The Balaban J connectivity index is 1.49. The summed E-state index contributed by atoms with van der Waals surface area (Å²) in [5.41, 5.74) is 9.07. The van der Waals surface area contributed by atoms with Gasteiger partial charge in [0.05, 0.1) is 26.4 Å². The van der Waals surface area contributed by atoms with Crippen LogP contribution in [0.5, 0.6) is 5.75 Å². The maximum absolute atomic E-state index is 12.9. The number of aliphatic carboxylic acids is 1. The fourth-order valence-corrected chi connectivity index (χ4v) is 6.69. The number of hydrogen-bond donors (Lipinski definition) is 9. The molecular weight excluding hydrogens is 910 g/mol. The summed E-state index contributed by atoms with van der Waals surface area (Å²) in [5, 5.41) is 65.9. The zero-order valence-corrected chi connectivity index (χ0v) is 38.3. The van der Waals surface area contributed by atoms with E-state index in [1.165, 1.54) is 14.0 Å². The van der Waals surface area contributed by atoms with Crippen molar-refractivity contribution in [3.8, 4) is 5.75 Å². The first-order valence-corrected chi connectivity index (χ1v) is 21.7. The van der Waals surface area contributed by atoms with Gasteiger partial charge in [-0.15, -0.1) is 0 Å². The average Bonchev–Trinajstić information content (AvgIpc) is 3.30. The summed E-state index contributed by atoms with van der Waals surface area (Å²) in [6.07, 6.45) is -16.6. The van der Waals surface area contributed by atoms with Gasteiger partial charge in [-0.3, -0.25) is 14.4 Å². The van der Waals surface area contributed by atoms with Crippen molar-refractivity contribution in [1.29, 1.82) is 0 Å². The molecule has 2 aliphatic heterocycles. The highest BCUT2D eigenvalue weighted by Crippen LogP contribution is 2.28. The molecule has 0 saturated carbocycles. The summed E-state index contributed by atoms with van der Waals surface area (Å²) in [7, 11) is 2.44. The lowest BCUT2D eigenvalue weighted by molar-refractivity contribution is -0.328. The standard InChI is InChI=1S/C41H63N7O20/c1-6-62-37(57)25(47-28(49)10-8-7-9-15-44-48-42)18-23-11-13-24(14-12-23)63-17-16-43-35(54)21(2)45-40(58)67-33-30(51)27(65-38(61-5)31(33)52)20-64-39-32(53)34(29(50)26(66-39)19-60-4)68-41(59)46-22(3)36(55)56/h11-14,21-22,25-27,29-34,38-39,50-53H,6-10,15-20H2,1-5H3,(H,43,54)(H,45,58)(H,46,59)(H,47,49)(H,55,56)/t21-,22-,25-,26?,27?,29+,30+,31?,32?,33-,34-,38-,39+/m0/s1. The number of methoxy groups -OCH3 is 2. The lowest BCUT2D eigenvalue weighted by Crippen LogP contribution is -2.63. The van der Waals surface area contributed by atoms with Crippen LogP contribution in [0.4, 0.5) is 9.59 Å². The van der Waals surface area contributed by atoms with Crippen molar-refractivity contribution in [2.75, 3.05) is 53.7 Å². The molecule has 2 aliphatic rings. The second-order valence-corrected chi connectivity index (χ2v) is 15.5. The molecule has 4 unspecified atom stereocenters. The molecule has 0 spiro atoms. The Labute approximate surface area is 390 Å². The highest BCUT2D eigenvalue weighted by molar-refractivity contribution is 5.85. The Kier molecular flexibility index (Phi) is 24.4. The van der Waals surface area contributed by atoms with E-state index < -0.39 is 116 Å². The van der Waals surface area contributed by atoms with Gasteiger partial charge in [-0.25, -0.2) is 14.4 Å². The molecule has 2 heterocycles.